The fourth-order valence-corrected chi connectivity index (χ4v) is 5.82. The minimum absolute atomic E-state index is 0.0424. The third kappa shape index (κ3) is 5.40. The molecule has 0 atom stereocenters. The number of thiazole rings is 1. The molecule has 1 amide bonds. The lowest BCUT2D eigenvalue weighted by atomic mass is 9.82. The van der Waals surface area contributed by atoms with Crippen molar-refractivity contribution in [2.75, 3.05) is 4.90 Å². The highest BCUT2D eigenvalue weighted by Gasteiger charge is 2.33. The summed E-state index contributed by atoms with van der Waals surface area (Å²) < 4.78 is 0. The van der Waals surface area contributed by atoms with E-state index in [0.29, 0.717) is 11.6 Å². The van der Waals surface area contributed by atoms with Gasteiger partial charge in [0.25, 0.3) is 0 Å². The summed E-state index contributed by atoms with van der Waals surface area (Å²) in [7, 11) is 0. The van der Waals surface area contributed by atoms with E-state index in [9.17, 15) is 14.7 Å². The number of amides is 1. The van der Waals surface area contributed by atoms with Gasteiger partial charge in [0.15, 0.2) is 0 Å². The van der Waals surface area contributed by atoms with Crippen molar-refractivity contribution in [3.8, 4) is 22.3 Å². The van der Waals surface area contributed by atoms with Gasteiger partial charge in [-0.25, -0.2) is 9.78 Å². The number of carbonyl (C=O) groups excluding carboxylic acids is 1. The molecule has 0 radical (unpaired) electrons. The molecule has 1 aliphatic rings. The van der Waals surface area contributed by atoms with Gasteiger partial charge in [0.2, 0.25) is 5.91 Å². The molecule has 0 saturated heterocycles. The van der Waals surface area contributed by atoms with E-state index in [2.05, 4.69) is 23.7 Å². The first-order chi connectivity index (χ1) is 16.3. The van der Waals surface area contributed by atoms with Crippen LogP contribution in [0.5, 0.6) is 0 Å². The van der Waals surface area contributed by atoms with Crippen molar-refractivity contribution in [2.24, 2.45) is 11.8 Å². The summed E-state index contributed by atoms with van der Waals surface area (Å²) in [5.41, 5.74) is 4.76. The van der Waals surface area contributed by atoms with Gasteiger partial charge >= 0.3 is 5.97 Å². The second-order valence-electron chi connectivity index (χ2n) is 9.09. The molecule has 5 nitrogen and oxygen atoms in total. The van der Waals surface area contributed by atoms with Crippen LogP contribution in [0.4, 0.5) is 5.69 Å². The summed E-state index contributed by atoms with van der Waals surface area (Å²) in [5, 5.41) is 11.8. The standard InChI is InChI=1S/C27H28N2O3S2/c1-17(2)29(26(30)21-9-4-18(3)5-10-21)23-14-24(34-25(23)27(31)32)20-11-6-19(7-12-20)8-13-22-15-33-16-28-22/h6-7,11-12,14-18,21H,4-5,9-10H2,1-3H3,(H,31,32)/t18-,21-. The number of anilines is 1. The van der Waals surface area contributed by atoms with Crippen molar-refractivity contribution in [1.29, 1.82) is 0 Å². The fraction of sp³-hybridized carbons (Fsp3) is 0.370. The number of aromatic carboxylic acids is 1. The van der Waals surface area contributed by atoms with E-state index in [1.165, 1.54) is 22.7 Å². The largest absolute Gasteiger partial charge is 0.477 e. The topological polar surface area (TPSA) is 70.5 Å². The third-order valence-corrected chi connectivity index (χ3v) is 7.97. The van der Waals surface area contributed by atoms with Crippen LogP contribution in [0.2, 0.25) is 0 Å². The van der Waals surface area contributed by atoms with E-state index in [4.69, 9.17) is 0 Å². The van der Waals surface area contributed by atoms with Crippen molar-refractivity contribution < 1.29 is 14.7 Å². The number of carbonyl (C=O) groups is 2. The van der Waals surface area contributed by atoms with Crippen LogP contribution < -0.4 is 4.90 Å². The number of carboxylic acid groups (broad SMARTS) is 1. The number of nitrogens with zero attached hydrogens (tertiary/aromatic N) is 2. The molecule has 34 heavy (non-hydrogen) atoms. The highest BCUT2D eigenvalue weighted by Crippen LogP contribution is 2.40. The normalized spacial score (nSPS) is 17.8. The Morgan fingerprint density at radius 1 is 1.12 bits per heavy atom. The molecule has 7 heteroatoms. The summed E-state index contributed by atoms with van der Waals surface area (Å²) in [6.07, 6.45) is 3.82. The Morgan fingerprint density at radius 2 is 1.82 bits per heavy atom. The molecule has 1 saturated carbocycles. The minimum Gasteiger partial charge on any atom is -0.477 e. The first-order valence-electron chi connectivity index (χ1n) is 11.5. The zero-order valence-corrected chi connectivity index (χ0v) is 21.2. The van der Waals surface area contributed by atoms with E-state index >= 15 is 0 Å². The maximum atomic E-state index is 13.5. The molecule has 4 rings (SSSR count). The predicted octanol–water partition coefficient (Wildman–Crippen LogP) is 6.54. The smallest absolute Gasteiger partial charge is 0.348 e. The first kappa shape index (κ1) is 24.2. The average Bonchev–Trinajstić information content (AvgIpc) is 3.49. The van der Waals surface area contributed by atoms with Gasteiger partial charge in [-0.1, -0.05) is 25.0 Å². The van der Waals surface area contributed by atoms with Gasteiger partial charge in [-0.15, -0.1) is 22.7 Å². The molecule has 0 spiro atoms. The van der Waals surface area contributed by atoms with Crippen LogP contribution in [0, 0.1) is 23.7 Å². The summed E-state index contributed by atoms with van der Waals surface area (Å²) >= 11 is 2.72. The number of hydrogen-bond acceptors (Lipinski definition) is 5. The van der Waals surface area contributed by atoms with Crippen LogP contribution >= 0.6 is 22.7 Å². The number of hydrogen-bond donors (Lipinski definition) is 1. The summed E-state index contributed by atoms with van der Waals surface area (Å²) in [6.45, 7) is 6.12. The lowest BCUT2D eigenvalue weighted by Gasteiger charge is -2.33. The van der Waals surface area contributed by atoms with Gasteiger partial charge < -0.3 is 10.0 Å². The molecule has 0 unspecified atom stereocenters. The molecule has 176 valence electrons. The highest BCUT2D eigenvalue weighted by molar-refractivity contribution is 7.18. The lowest BCUT2D eigenvalue weighted by molar-refractivity contribution is -0.123. The molecular formula is C27H28N2O3S2. The lowest BCUT2D eigenvalue weighted by Crippen LogP contribution is -2.42. The summed E-state index contributed by atoms with van der Waals surface area (Å²) in [4.78, 5) is 32.5. The quantitative estimate of drug-likeness (QED) is 0.411. The molecule has 1 aliphatic carbocycles. The Labute approximate surface area is 208 Å². The Hall–Kier alpha value is -2.95. The van der Waals surface area contributed by atoms with Gasteiger partial charge in [0, 0.05) is 27.8 Å². The molecule has 2 heterocycles. The number of rotatable bonds is 5. The molecule has 1 fully saturated rings. The Bertz CT molecular complexity index is 1210. The van der Waals surface area contributed by atoms with Crippen LogP contribution in [0.3, 0.4) is 0 Å². The fourth-order valence-electron chi connectivity index (χ4n) is 4.34. The predicted molar refractivity (Wildman–Crippen MR) is 139 cm³/mol. The molecule has 0 bridgehead atoms. The van der Waals surface area contributed by atoms with Gasteiger partial charge in [-0.3, -0.25) is 4.79 Å². The second-order valence-corrected chi connectivity index (χ2v) is 10.9. The summed E-state index contributed by atoms with van der Waals surface area (Å²) in [5.74, 6) is 5.77. The van der Waals surface area contributed by atoms with Crippen molar-refractivity contribution in [3.05, 3.63) is 57.4 Å². The highest BCUT2D eigenvalue weighted by atomic mass is 32.1. The van der Waals surface area contributed by atoms with Crippen molar-refractivity contribution >= 4 is 40.2 Å². The van der Waals surface area contributed by atoms with Crippen molar-refractivity contribution in [3.63, 3.8) is 0 Å². The van der Waals surface area contributed by atoms with Gasteiger partial charge in [-0.2, -0.15) is 0 Å². The zero-order chi connectivity index (χ0) is 24.2. The second kappa shape index (κ2) is 10.5. The number of carboxylic acids is 1. The number of benzene rings is 1. The van der Waals surface area contributed by atoms with E-state index < -0.39 is 5.97 Å². The van der Waals surface area contributed by atoms with Crippen LogP contribution in [-0.4, -0.2) is 28.0 Å². The van der Waals surface area contributed by atoms with E-state index in [1.54, 1.807) is 10.4 Å². The minimum atomic E-state index is -1.01. The number of aromatic nitrogens is 1. The van der Waals surface area contributed by atoms with Crippen LogP contribution in [0.15, 0.2) is 41.2 Å². The zero-order valence-electron chi connectivity index (χ0n) is 19.6. The van der Waals surface area contributed by atoms with Crippen molar-refractivity contribution in [2.45, 2.75) is 52.5 Å². The van der Waals surface area contributed by atoms with Gasteiger partial charge in [0.1, 0.15) is 10.6 Å². The van der Waals surface area contributed by atoms with Crippen LogP contribution in [0.25, 0.3) is 10.4 Å². The molecule has 0 aliphatic heterocycles. The van der Waals surface area contributed by atoms with Crippen LogP contribution in [-0.2, 0) is 4.79 Å². The molecule has 1 N–H and O–H groups in total. The maximum absolute atomic E-state index is 13.5. The van der Waals surface area contributed by atoms with Crippen molar-refractivity contribution in [1.82, 2.24) is 4.98 Å². The maximum Gasteiger partial charge on any atom is 0.348 e. The number of thiophene rings is 1. The Kier molecular flexibility index (Phi) is 7.50. The van der Waals surface area contributed by atoms with E-state index in [-0.39, 0.29) is 22.7 Å². The van der Waals surface area contributed by atoms with Gasteiger partial charge in [-0.05, 0) is 75.1 Å². The summed E-state index contributed by atoms with van der Waals surface area (Å²) in [6, 6.07) is 9.45. The monoisotopic (exact) mass is 492 g/mol. The average molecular weight is 493 g/mol. The van der Waals surface area contributed by atoms with E-state index in [0.717, 1.165) is 47.4 Å². The van der Waals surface area contributed by atoms with E-state index in [1.807, 2.05) is 49.6 Å². The Balaban J connectivity index is 1.62. The molecule has 1 aromatic carbocycles. The van der Waals surface area contributed by atoms with Gasteiger partial charge in [0.05, 0.1) is 11.2 Å². The molecule has 2 aromatic heterocycles. The molecular weight excluding hydrogens is 464 g/mol. The third-order valence-electron chi connectivity index (χ3n) is 6.22. The molecule has 3 aromatic rings. The SMILES string of the molecule is CC(C)N(c1cc(-c2ccc(C#Cc3cscn3)cc2)sc1C(=O)O)C(=O)[C@H]1CC[C@H](C)CC1. The van der Waals surface area contributed by atoms with Crippen LogP contribution in [0.1, 0.15) is 67.4 Å². The Morgan fingerprint density at radius 3 is 2.41 bits per heavy atom. The first-order valence-corrected chi connectivity index (χ1v) is 13.3.